The van der Waals surface area contributed by atoms with Crippen LogP contribution in [0.15, 0.2) is 18.6 Å². The van der Waals surface area contributed by atoms with E-state index < -0.39 is 0 Å². The Morgan fingerprint density at radius 3 is 2.67 bits per heavy atom. The molecular formula is C6H8Cl2N4. The van der Waals surface area contributed by atoms with Crippen molar-refractivity contribution in [3.63, 3.8) is 0 Å². The minimum absolute atomic E-state index is 0. The van der Waals surface area contributed by atoms with Gasteiger partial charge in [-0.3, -0.25) is 0 Å². The lowest BCUT2D eigenvalue weighted by molar-refractivity contribution is 1.21. The third-order valence-corrected chi connectivity index (χ3v) is 1.38. The second-order valence-electron chi connectivity index (χ2n) is 2.00. The molecule has 2 aromatic heterocycles. The van der Waals surface area contributed by atoms with Crippen molar-refractivity contribution in [1.29, 1.82) is 0 Å². The largest absolute Gasteiger partial charge is 0.383 e. The average Bonchev–Trinajstić information content (AvgIpc) is 2.36. The van der Waals surface area contributed by atoms with Crippen molar-refractivity contribution in [3.05, 3.63) is 18.6 Å². The fourth-order valence-corrected chi connectivity index (χ4v) is 0.892. The highest BCUT2D eigenvalue weighted by Gasteiger charge is 1.97. The molecule has 66 valence electrons. The van der Waals surface area contributed by atoms with Crippen LogP contribution in [0.2, 0.25) is 0 Å². The summed E-state index contributed by atoms with van der Waals surface area (Å²) in [6, 6.07) is 1.85. The van der Waals surface area contributed by atoms with E-state index >= 15 is 0 Å². The summed E-state index contributed by atoms with van der Waals surface area (Å²) in [7, 11) is 0. The number of anilines is 1. The number of nitrogens with one attached hydrogen (secondary N) is 1. The minimum atomic E-state index is 0. The van der Waals surface area contributed by atoms with Crippen LogP contribution in [0.4, 0.5) is 5.82 Å². The van der Waals surface area contributed by atoms with Crippen LogP contribution < -0.4 is 5.73 Å². The predicted molar refractivity (Wildman–Crippen MR) is 52.8 cm³/mol. The summed E-state index contributed by atoms with van der Waals surface area (Å²) in [5.41, 5.74) is 6.31. The van der Waals surface area contributed by atoms with E-state index in [1.807, 2.05) is 6.07 Å². The molecule has 12 heavy (non-hydrogen) atoms. The van der Waals surface area contributed by atoms with Gasteiger partial charge in [0, 0.05) is 6.20 Å². The number of rotatable bonds is 0. The standard InChI is InChI=1S/C6H6N4.2ClH/c7-5-4-1-2-8-6(4)10-3-9-5;;/h1-3H,(H3,7,8,9,10);2*1H. The summed E-state index contributed by atoms with van der Waals surface area (Å²) in [6.07, 6.45) is 3.23. The topological polar surface area (TPSA) is 67.6 Å². The molecule has 0 spiro atoms. The van der Waals surface area contributed by atoms with E-state index in [1.54, 1.807) is 6.20 Å². The van der Waals surface area contributed by atoms with E-state index in [9.17, 15) is 0 Å². The fraction of sp³-hybridized carbons (Fsp3) is 0. The highest BCUT2D eigenvalue weighted by atomic mass is 35.5. The molecule has 0 aliphatic rings. The molecule has 6 heteroatoms. The normalized spacial score (nSPS) is 8.67. The van der Waals surface area contributed by atoms with Gasteiger partial charge in [0.1, 0.15) is 17.8 Å². The molecule has 3 N–H and O–H groups in total. The highest BCUT2D eigenvalue weighted by molar-refractivity contribution is 5.86. The van der Waals surface area contributed by atoms with Gasteiger partial charge in [-0.05, 0) is 6.07 Å². The number of H-pyrrole nitrogens is 1. The first-order chi connectivity index (χ1) is 4.88. The van der Waals surface area contributed by atoms with Crippen molar-refractivity contribution < 1.29 is 0 Å². The maximum atomic E-state index is 5.53. The van der Waals surface area contributed by atoms with Crippen LogP contribution in [-0.2, 0) is 0 Å². The summed E-state index contributed by atoms with van der Waals surface area (Å²) in [5.74, 6) is 0.520. The van der Waals surface area contributed by atoms with E-state index in [2.05, 4.69) is 15.0 Å². The molecule has 0 fully saturated rings. The molecule has 0 radical (unpaired) electrons. The summed E-state index contributed by atoms with van der Waals surface area (Å²) in [5, 5.41) is 0.877. The summed E-state index contributed by atoms with van der Waals surface area (Å²) >= 11 is 0. The number of nitrogen functional groups attached to an aromatic ring is 1. The lowest BCUT2D eigenvalue weighted by Gasteiger charge is -1.90. The molecule has 0 saturated carbocycles. The van der Waals surface area contributed by atoms with Crippen LogP contribution in [0.1, 0.15) is 0 Å². The maximum absolute atomic E-state index is 5.53. The Kier molecular flexibility index (Phi) is 3.79. The molecule has 0 unspecified atom stereocenters. The highest BCUT2D eigenvalue weighted by Crippen LogP contribution is 2.12. The second-order valence-corrected chi connectivity index (χ2v) is 2.00. The van der Waals surface area contributed by atoms with Gasteiger partial charge in [-0.25, -0.2) is 9.97 Å². The molecule has 4 nitrogen and oxygen atoms in total. The Morgan fingerprint density at radius 1 is 1.25 bits per heavy atom. The van der Waals surface area contributed by atoms with Crippen molar-refractivity contribution in [2.45, 2.75) is 0 Å². The molecule has 2 aromatic rings. The van der Waals surface area contributed by atoms with Gasteiger partial charge in [-0.1, -0.05) is 0 Å². The average molecular weight is 207 g/mol. The predicted octanol–water partition coefficient (Wildman–Crippen LogP) is 1.38. The number of aromatic nitrogens is 3. The second kappa shape index (κ2) is 4.13. The first-order valence-electron chi connectivity index (χ1n) is 2.91. The van der Waals surface area contributed by atoms with Gasteiger partial charge in [0.05, 0.1) is 5.39 Å². The zero-order valence-electron chi connectivity index (χ0n) is 6.02. The van der Waals surface area contributed by atoms with Gasteiger partial charge < -0.3 is 10.7 Å². The molecule has 2 heterocycles. The lowest BCUT2D eigenvalue weighted by atomic mass is 10.4. The molecule has 0 aliphatic carbocycles. The number of hydrogen-bond donors (Lipinski definition) is 2. The molecule has 0 bridgehead atoms. The zero-order chi connectivity index (χ0) is 6.97. The smallest absolute Gasteiger partial charge is 0.142 e. The van der Waals surface area contributed by atoms with Gasteiger partial charge >= 0.3 is 0 Å². The van der Waals surface area contributed by atoms with Gasteiger partial charge in [0.25, 0.3) is 0 Å². The monoisotopic (exact) mass is 206 g/mol. The van der Waals surface area contributed by atoms with Crippen LogP contribution in [0, 0.1) is 0 Å². The fourth-order valence-electron chi connectivity index (χ4n) is 0.892. The van der Waals surface area contributed by atoms with Crippen LogP contribution in [0.5, 0.6) is 0 Å². The van der Waals surface area contributed by atoms with Crippen LogP contribution in [0.25, 0.3) is 11.0 Å². The van der Waals surface area contributed by atoms with E-state index in [0.29, 0.717) is 5.82 Å². The number of nitrogens with two attached hydrogens (primary N) is 1. The molecule has 0 amide bonds. The summed E-state index contributed by atoms with van der Waals surface area (Å²) in [4.78, 5) is 10.7. The first-order valence-corrected chi connectivity index (χ1v) is 2.91. The van der Waals surface area contributed by atoms with Gasteiger partial charge in [-0.15, -0.1) is 24.8 Å². The van der Waals surface area contributed by atoms with E-state index in [4.69, 9.17) is 5.73 Å². The molecule has 0 atom stereocenters. The van der Waals surface area contributed by atoms with Crippen molar-refractivity contribution in [2.24, 2.45) is 0 Å². The van der Waals surface area contributed by atoms with Crippen molar-refractivity contribution >= 4 is 41.7 Å². The quantitative estimate of drug-likeness (QED) is 0.685. The molecule has 0 aliphatic heterocycles. The Balaban J connectivity index is 0.000000605. The van der Waals surface area contributed by atoms with Crippen molar-refractivity contribution in [2.75, 3.05) is 5.73 Å². The number of halogens is 2. The molecule has 0 saturated heterocycles. The SMILES string of the molecule is Cl.Cl.Nc1ncnc2[nH]ccc12. The summed E-state index contributed by atoms with van der Waals surface area (Å²) in [6.45, 7) is 0. The van der Waals surface area contributed by atoms with E-state index in [-0.39, 0.29) is 24.8 Å². The number of fused-ring (bicyclic) bond motifs is 1. The van der Waals surface area contributed by atoms with Gasteiger partial charge in [0.15, 0.2) is 0 Å². The zero-order valence-corrected chi connectivity index (χ0v) is 7.65. The van der Waals surface area contributed by atoms with Crippen molar-refractivity contribution in [1.82, 2.24) is 15.0 Å². The minimum Gasteiger partial charge on any atom is -0.383 e. The van der Waals surface area contributed by atoms with Crippen LogP contribution in [-0.4, -0.2) is 15.0 Å². The Labute approximate surface area is 81.4 Å². The van der Waals surface area contributed by atoms with Crippen LogP contribution in [0.3, 0.4) is 0 Å². The van der Waals surface area contributed by atoms with Gasteiger partial charge in [0.2, 0.25) is 0 Å². The van der Waals surface area contributed by atoms with E-state index in [1.165, 1.54) is 6.33 Å². The van der Waals surface area contributed by atoms with Crippen molar-refractivity contribution in [3.8, 4) is 0 Å². The first kappa shape index (κ1) is 11.0. The number of hydrogen-bond acceptors (Lipinski definition) is 3. The Morgan fingerprint density at radius 2 is 2.00 bits per heavy atom. The molecule has 2 rings (SSSR count). The third kappa shape index (κ3) is 1.60. The van der Waals surface area contributed by atoms with Gasteiger partial charge in [-0.2, -0.15) is 0 Å². The van der Waals surface area contributed by atoms with Crippen LogP contribution >= 0.6 is 24.8 Å². The lowest BCUT2D eigenvalue weighted by Crippen LogP contribution is -1.90. The Hall–Kier alpha value is -1.00. The Bertz CT molecular complexity index is 359. The summed E-state index contributed by atoms with van der Waals surface area (Å²) < 4.78 is 0. The number of aromatic amines is 1. The maximum Gasteiger partial charge on any atom is 0.142 e. The third-order valence-electron chi connectivity index (χ3n) is 1.38. The molecule has 0 aromatic carbocycles. The molecular weight excluding hydrogens is 199 g/mol. The van der Waals surface area contributed by atoms with E-state index in [0.717, 1.165) is 11.0 Å². The number of nitrogens with zero attached hydrogens (tertiary/aromatic N) is 2.